The van der Waals surface area contributed by atoms with Crippen LogP contribution in [0.1, 0.15) is 12.0 Å². The first kappa shape index (κ1) is 12.8. The molecule has 0 aliphatic carbocycles. The van der Waals surface area contributed by atoms with E-state index in [0.29, 0.717) is 5.76 Å². The van der Waals surface area contributed by atoms with Crippen molar-refractivity contribution < 1.29 is 14.3 Å². The van der Waals surface area contributed by atoms with Crippen molar-refractivity contribution in [2.45, 2.75) is 6.42 Å². The van der Waals surface area contributed by atoms with Crippen molar-refractivity contribution in [3.63, 3.8) is 0 Å². The molecular formula is C13H13NO3. The quantitative estimate of drug-likeness (QED) is 0.452. The van der Waals surface area contributed by atoms with Gasteiger partial charge in [0.15, 0.2) is 0 Å². The third-order valence-electron chi connectivity index (χ3n) is 2.20. The van der Waals surface area contributed by atoms with Gasteiger partial charge in [-0.25, -0.2) is 4.79 Å². The molecule has 0 aromatic heterocycles. The minimum atomic E-state index is -0.549. The number of carbonyl (C=O) groups is 1. The summed E-state index contributed by atoms with van der Waals surface area (Å²) in [6, 6.07) is 11.1. The predicted molar refractivity (Wildman–Crippen MR) is 62.6 cm³/mol. The molecule has 0 heterocycles. The predicted octanol–water partition coefficient (Wildman–Crippen LogP) is 2.13. The van der Waals surface area contributed by atoms with E-state index in [9.17, 15) is 4.79 Å². The van der Waals surface area contributed by atoms with Gasteiger partial charge >= 0.3 is 5.97 Å². The van der Waals surface area contributed by atoms with E-state index in [4.69, 9.17) is 10.00 Å². The first-order valence-electron chi connectivity index (χ1n) is 5.02. The average molecular weight is 231 g/mol. The molecule has 0 spiro atoms. The van der Waals surface area contributed by atoms with Crippen LogP contribution in [0.4, 0.5) is 0 Å². The maximum atomic E-state index is 11.6. The number of hydrogen-bond acceptors (Lipinski definition) is 4. The Morgan fingerprint density at radius 3 is 2.35 bits per heavy atom. The van der Waals surface area contributed by atoms with Gasteiger partial charge < -0.3 is 9.47 Å². The summed E-state index contributed by atoms with van der Waals surface area (Å²) < 4.78 is 9.84. The summed E-state index contributed by atoms with van der Waals surface area (Å²) in [7, 11) is 2.74. The van der Waals surface area contributed by atoms with Gasteiger partial charge in [-0.2, -0.15) is 5.26 Å². The van der Waals surface area contributed by atoms with Crippen molar-refractivity contribution in [1.29, 1.82) is 5.26 Å². The average Bonchev–Trinajstić information content (AvgIpc) is 2.39. The van der Waals surface area contributed by atoms with Crippen LogP contribution in [-0.2, 0) is 14.3 Å². The second kappa shape index (κ2) is 6.33. The molecule has 0 aliphatic rings. The lowest BCUT2D eigenvalue weighted by Crippen LogP contribution is -2.08. The first-order valence-corrected chi connectivity index (χ1v) is 5.02. The van der Waals surface area contributed by atoms with Crippen molar-refractivity contribution in [1.82, 2.24) is 0 Å². The molecular weight excluding hydrogens is 218 g/mol. The zero-order valence-corrected chi connectivity index (χ0v) is 9.77. The van der Waals surface area contributed by atoms with E-state index in [1.807, 2.05) is 24.3 Å². The summed E-state index contributed by atoms with van der Waals surface area (Å²) in [5.41, 5.74) is 0.967. The summed E-state index contributed by atoms with van der Waals surface area (Å²) in [5.74, 6) is -0.175. The van der Waals surface area contributed by atoms with Crippen molar-refractivity contribution >= 4 is 11.7 Å². The van der Waals surface area contributed by atoms with Crippen molar-refractivity contribution in [2.24, 2.45) is 0 Å². The molecule has 0 N–H and O–H groups in total. The molecule has 0 radical (unpaired) electrons. The minimum absolute atomic E-state index is 0.0509. The topological polar surface area (TPSA) is 59.3 Å². The number of ether oxygens (including phenoxy) is 2. The van der Waals surface area contributed by atoms with Crippen LogP contribution in [0.3, 0.4) is 0 Å². The Balaban J connectivity index is 3.27. The fourth-order valence-electron chi connectivity index (χ4n) is 1.45. The number of rotatable bonds is 4. The van der Waals surface area contributed by atoms with Crippen LogP contribution in [0.2, 0.25) is 0 Å². The van der Waals surface area contributed by atoms with Crippen LogP contribution in [0, 0.1) is 11.3 Å². The summed E-state index contributed by atoms with van der Waals surface area (Å²) >= 11 is 0. The second-order valence-corrected chi connectivity index (χ2v) is 3.20. The van der Waals surface area contributed by atoms with Gasteiger partial charge in [0, 0.05) is 5.56 Å². The Hall–Kier alpha value is -2.28. The SMILES string of the molecule is COC(=O)C(CC#N)=C(OC)c1ccccc1. The Bertz CT molecular complexity index is 457. The van der Waals surface area contributed by atoms with E-state index in [1.165, 1.54) is 14.2 Å². The molecule has 4 heteroatoms. The van der Waals surface area contributed by atoms with E-state index in [1.54, 1.807) is 12.1 Å². The molecule has 88 valence electrons. The maximum Gasteiger partial charge on any atom is 0.338 e. The van der Waals surface area contributed by atoms with Crippen LogP contribution < -0.4 is 0 Å². The van der Waals surface area contributed by atoms with Gasteiger partial charge in [0.2, 0.25) is 0 Å². The van der Waals surface area contributed by atoms with Gasteiger partial charge in [-0.1, -0.05) is 30.3 Å². The standard InChI is InChI=1S/C13H13NO3/c1-16-12(10-6-4-3-5-7-10)11(8-9-14)13(15)17-2/h3-7H,8H2,1-2H3. The monoisotopic (exact) mass is 231 g/mol. The van der Waals surface area contributed by atoms with Crippen LogP contribution in [-0.4, -0.2) is 20.2 Å². The number of benzene rings is 1. The molecule has 0 fully saturated rings. The van der Waals surface area contributed by atoms with Crippen LogP contribution in [0.15, 0.2) is 35.9 Å². The summed E-state index contributed by atoms with van der Waals surface area (Å²) in [6.07, 6.45) is -0.0509. The lowest BCUT2D eigenvalue weighted by molar-refractivity contribution is -0.136. The highest BCUT2D eigenvalue weighted by molar-refractivity contribution is 5.96. The van der Waals surface area contributed by atoms with Gasteiger partial charge in [-0.15, -0.1) is 0 Å². The molecule has 0 unspecified atom stereocenters. The van der Waals surface area contributed by atoms with Gasteiger partial charge in [-0.05, 0) is 0 Å². The second-order valence-electron chi connectivity index (χ2n) is 3.20. The zero-order valence-electron chi connectivity index (χ0n) is 9.77. The number of nitriles is 1. The molecule has 17 heavy (non-hydrogen) atoms. The Morgan fingerprint density at radius 1 is 1.24 bits per heavy atom. The molecule has 0 amide bonds. The molecule has 0 bridgehead atoms. The Kier molecular flexibility index (Phi) is 4.77. The van der Waals surface area contributed by atoms with Gasteiger partial charge in [0.05, 0.1) is 32.3 Å². The summed E-state index contributed by atoms with van der Waals surface area (Å²) in [5, 5.41) is 8.72. The number of esters is 1. The Morgan fingerprint density at radius 2 is 1.88 bits per heavy atom. The number of hydrogen-bond donors (Lipinski definition) is 0. The first-order chi connectivity index (χ1) is 8.24. The number of methoxy groups -OCH3 is 2. The molecule has 1 aromatic rings. The largest absolute Gasteiger partial charge is 0.496 e. The molecule has 1 rings (SSSR count). The van der Waals surface area contributed by atoms with Crippen molar-refractivity contribution in [3.8, 4) is 6.07 Å². The van der Waals surface area contributed by atoms with Gasteiger partial charge in [0.1, 0.15) is 5.76 Å². The molecule has 0 saturated carbocycles. The minimum Gasteiger partial charge on any atom is -0.496 e. The lowest BCUT2D eigenvalue weighted by atomic mass is 10.1. The van der Waals surface area contributed by atoms with Crippen LogP contribution >= 0.6 is 0 Å². The highest BCUT2D eigenvalue weighted by Crippen LogP contribution is 2.22. The maximum absolute atomic E-state index is 11.6. The van der Waals surface area contributed by atoms with E-state index in [0.717, 1.165) is 5.56 Å². The van der Waals surface area contributed by atoms with E-state index >= 15 is 0 Å². The molecule has 0 saturated heterocycles. The number of carbonyl (C=O) groups excluding carboxylic acids is 1. The Labute approximate surface area is 100 Å². The van der Waals surface area contributed by atoms with Crippen molar-refractivity contribution in [3.05, 3.63) is 41.5 Å². The van der Waals surface area contributed by atoms with E-state index < -0.39 is 5.97 Å². The summed E-state index contributed by atoms with van der Waals surface area (Å²) in [6.45, 7) is 0. The zero-order chi connectivity index (χ0) is 12.7. The summed E-state index contributed by atoms with van der Waals surface area (Å²) in [4.78, 5) is 11.6. The lowest BCUT2D eigenvalue weighted by Gasteiger charge is -2.10. The van der Waals surface area contributed by atoms with Crippen LogP contribution in [0.25, 0.3) is 5.76 Å². The van der Waals surface area contributed by atoms with Gasteiger partial charge in [0.25, 0.3) is 0 Å². The fraction of sp³-hybridized carbons (Fsp3) is 0.231. The fourth-order valence-corrected chi connectivity index (χ4v) is 1.45. The third kappa shape index (κ3) is 3.08. The van der Waals surface area contributed by atoms with Crippen molar-refractivity contribution in [2.75, 3.05) is 14.2 Å². The third-order valence-corrected chi connectivity index (χ3v) is 2.20. The highest BCUT2D eigenvalue weighted by atomic mass is 16.5. The van der Waals surface area contributed by atoms with E-state index in [-0.39, 0.29) is 12.0 Å². The van der Waals surface area contributed by atoms with E-state index in [2.05, 4.69) is 4.74 Å². The number of nitrogens with zero attached hydrogens (tertiary/aromatic N) is 1. The highest BCUT2D eigenvalue weighted by Gasteiger charge is 2.17. The molecule has 0 atom stereocenters. The molecule has 4 nitrogen and oxygen atoms in total. The van der Waals surface area contributed by atoms with Gasteiger partial charge in [-0.3, -0.25) is 0 Å². The normalized spacial score (nSPS) is 11.1. The van der Waals surface area contributed by atoms with Crippen LogP contribution in [0.5, 0.6) is 0 Å². The molecule has 0 aliphatic heterocycles. The smallest absolute Gasteiger partial charge is 0.338 e. The molecule has 1 aromatic carbocycles.